The molecule has 1 aromatic carbocycles. The average Bonchev–Trinajstić information content (AvgIpc) is 2.56. The van der Waals surface area contributed by atoms with E-state index in [1.54, 1.807) is 6.92 Å². The van der Waals surface area contributed by atoms with Gasteiger partial charge in [-0.2, -0.15) is 0 Å². The van der Waals surface area contributed by atoms with E-state index in [0.29, 0.717) is 0 Å². The molecule has 17 heavy (non-hydrogen) atoms. The van der Waals surface area contributed by atoms with E-state index in [4.69, 9.17) is 9.47 Å². The second-order valence-corrected chi connectivity index (χ2v) is 5.54. The summed E-state index contributed by atoms with van der Waals surface area (Å²) in [7, 11) is 1.36. The predicted octanol–water partition coefficient (Wildman–Crippen LogP) is 1.22. The zero-order chi connectivity index (χ0) is 12.5. The van der Waals surface area contributed by atoms with E-state index in [-0.39, 0.29) is 6.61 Å². The Morgan fingerprint density at radius 1 is 1.41 bits per heavy atom. The van der Waals surface area contributed by atoms with Crippen LogP contribution in [0.25, 0.3) is 0 Å². The van der Waals surface area contributed by atoms with Crippen molar-refractivity contribution in [3.05, 3.63) is 30.3 Å². The van der Waals surface area contributed by atoms with Gasteiger partial charge in [0.2, 0.25) is 5.79 Å². The summed E-state index contributed by atoms with van der Waals surface area (Å²) in [5.74, 6) is -1.70. The Balaban J connectivity index is 2.25. The van der Waals surface area contributed by atoms with Gasteiger partial charge in [0.1, 0.15) is 6.10 Å². The minimum Gasteiger partial charge on any atom is -0.385 e. The van der Waals surface area contributed by atoms with Crippen LogP contribution in [0.4, 0.5) is 0 Å². The summed E-state index contributed by atoms with van der Waals surface area (Å²) in [6.07, 6.45) is -1.05. The van der Waals surface area contributed by atoms with Crippen molar-refractivity contribution in [1.29, 1.82) is 0 Å². The molecule has 1 fully saturated rings. The van der Waals surface area contributed by atoms with E-state index in [1.807, 2.05) is 30.3 Å². The van der Waals surface area contributed by atoms with Crippen molar-refractivity contribution in [2.75, 3.05) is 13.7 Å². The molecular formula is C12H16O4S. The van der Waals surface area contributed by atoms with Crippen LogP contribution in [0.15, 0.2) is 35.2 Å². The van der Waals surface area contributed by atoms with Crippen LogP contribution in [-0.2, 0) is 9.47 Å². The summed E-state index contributed by atoms with van der Waals surface area (Å²) >= 11 is 1.33. The Kier molecular flexibility index (Phi) is 3.47. The zero-order valence-corrected chi connectivity index (χ0v) is 10.6. The van der Waals surface area contributed by atoms with Gasteiger partial charge in [0.15, 0.2) is 4.93 Å². The Morgan fingerprint density at radius 3 is 2.65 bits per heavy atom. The van der Waals surface area contributed by atoms with Crippen LogP contribution in [0.1, 0.15) is 6.92 Å². The van der Waals surface area contributed by atoms with E-state index in [1.165, 1.54) is 18.9 Å². The molecular weight excluding hydrogens is 240 g/mol. The molecule has 1 aliphatic rings. The van der Waals surface area contributed by atoms with E-state index in [0.717, 1.165) is 4.90 Å². The minimum absolute atomic E-state index is 0.0562. The van der Waals surface area contributed by atoms with Crippen LogP contribution in [0.3, 0.4) is 0 Å². The molecule has 4 nitrogen and oxygen atoms in total. The molecule has 2 N–H and O–H groups in total. The highest BCUT2D eigenvalue weighted by Gasteiger charge is 2.60. The van der Waals surface area contributed by atoms with Gasteiger partial charge in [0.05, 0.1) is 6.61 Å². The van der Waals surface area contributed by atoms with Gasteiger partial charge >= 0.3 is 0 Å². The van der Waals surface area contributed by atoms with E-state index < -0.39 is 16.8 Å². The second-order valence-electron chi connectivity index (χ2n) is 4.09. The number of thioether (sulfide) groups is 1. The lowest BCUT2D eigenvalue weighted by atomic mass is 10.1. The molecule has 5 heteroatoms. The van der Waals surface area contributed by atoms with Crippen molar-refractivity contribution in [3.8, 4) is 0 Å². The third-order valence-corrected chi connectivity index (χ3v) is 4.29. The van der Waals surface area contributed by atoms with Gasteiger partial charge in [-0.3, -0.25) is 0 Å². The van der Waals surface area contributed by atoms with Gasteiger partial charge in [-0.05, 0) is 19.1 Å². The first-order valence-corrected chi connectivity index (χ1v) is 6.17. The second kappa shape index (κ2) is 4.59. The molecule has 0 aromatic heterocycles. The fourth-order valence-electron chi connectivity index (χ4n) is 1.89. The van der Waals surface area contributed by atoms with Crippen molar-refractivity contribution >= 4 is 11.8 Å². The van der Waals surface area contributed by atoms with Crippen molar-refractivity contribution < 1.29 is 19.7 Å². The molecule has 0 saturated carbocycles. The Labute approximate surface area is 105 Å². The third-order valence-electron chi connectivity index (χ3n) is 2.99. The van der Waals surface area contributed by atoms with Gasteiger partial charge < -0.3 is 19.7 Å². The molecule has 1 heterocycles. The summed E-state index contributed by atoms with van der Waals surface area (Å²) in [4.78, 5) is -0.0812. The van der Waals surface area contributed by atoms with Crippen molar-refractivity contribution in [2.45, 2.75) is 28.6 Å². The number of aliphatic hydroxyl groups is 2. The molecule has 3 atom stereocenters. The number of methoxy groups -OCH3 is 1. The van der Waals surface area contributed by atoms with Crippen molar-refractivity contribution in [2.24, 2.45) is 0 Å². The van der Waals surface area contributed by atoms with Crippen molar-refractivity contribution in [1.82, 2.24) is 0 Å². The first kappa shape index (κ1) is 12.9. The maximum absolute atomic E-state index is 10.3. The van der Waals surface area contributed by atoms with Crippen LogP contribution in [-0.4, -0.2) is 40.8 Å². The lowest BCUT2D eigenvalue weighted by molar-refractivity contribution is -0.253. The summed E-state index contributed by atoms with van der Waals surface area (Å²) < 4.78 is 10.6. The fourth-order valence-corrected chi connectivity index (χ4v) is 3.13. The van der Waals surface area contributed by atoms with Gasteiger partial charge in [0.25, 0.3) is 0 Å². The standard InChI is InChI=1S/C12H16O4S/c1-11(17-9-6-4-3-5-7-9)12(14,15-2)10(13)8-16-11/h3-7,10,13-14H,8H2,1-2H3. The smallest absolute Gasteiger partial charge is 0.234 e. The van der Waals surface area contributed by atoms with Gasteiger partial charge in [-0.15, -0.1) is 0 Å². The fraction of sp³-hybridized carbons (Fsp3) is 0.500. The molecule has 0 spiro atoms. The molecule has 0 amide bonds. The van der Waals surface area contributed by atoms with Gasteiger partial charge in [-0.1, -0.05) is 30.0 Å². The number of aliphatic hydroxyl groups excluding tert-OH is 1. The van der Waals surface area contributed by atoms with E-state index >= 15 is 0 Å². The summed E-state index contributed by atoms with van der Waals surface area (Å²) in [5, 5.41) is 20.1. The summed E-state index contributed by atoms with van der Waals surface area (Å²) in [6.45, 7) is 1.77. The lowest BCUT2D eigenvalue weighted by Gasteiger charge is -2.37. The number of rotatable bonds is 3. The SMILES string of the molecule is COC1(O)C(O)COC1(C)Sc1ccccc1. The highest BCUT2D eigenvalue weighted by molar-refractivity contribution is 8.00. The molecule has 94 valence electrons. The molecule has 0 aliphatic carbocycles. The normalized spacial score (nSPS) is 37.3. The quantitative estimate of drug-likeness (QED) is 0.796. The van der Waals surface area contributed by atoms with Gasteiger partial charge in [0, 0.05) is 12.0 Å². The topological polar surface area (TPSA) is 58.9 Å². The number of ether oxygens (including phenoxy) is 2. The molecule has 1 aromatic rings. The number of benzene rings is 1. The highest BCUT2D eigenvalue weighted by atomic mass is 32.2. The Morgan fingerprint density at radius 2 is 2.06 bits per heavy atom. The van der Waals surface area contributed by atoms with E-state index in [2.05, 4.69) is 0 Å². The van der Waals surface area contributed by atoms with Gasteiger partial charge in [-0.25, -0.2) is 0 Å². The molecule has 3 unspecified atom stereocenters. The lowest BCUT2D eigenvalue weighted by Crippen LogP contribution is -2.54. The van der Waals surface area contributed by atoms with Crippen LogP contribution in [0.5, 0.6) is 0 Å². The average molecular weight is 256 g/mol. The first-order chi connectivity index (χ1) is 8.02. The Hall–Kier alpha value is -0.590. The number of hydrogen-bond donors (Lipinski definition) is 2. The molecule has 0 bridgehead atoms. The van der Waals surface area contributed by atoms with Crippen molar-refractivity contribution in [3.63, 3.8) is 0 Å². The monoisotopic (exact) mass is 256 g/mol. The largest absolute Gasteiger partial charge is 0.385 e. The predicted molar refractivity (Wildman–Crippen MR) is 64.6 cm³/mol. The summed E-state index contributed by atoms with van der Waals surface area (Å²) in [6, 6.07) is 9.56. The van der Waals surface area contributed by atoms with Crippen LogP contribution < -0.4 is 0 Å². The summed E-state index contributed by atoms with van der Waals surface area (Å²) in [5.41, 5.74) is 0. The first-order valence-electron chi connectivity index (χ1n) is 5.35. The van der Waals surface area contributed by atoms with E-state index in [9.17, 15) is 10.2 Å². The molecule has 1 aliphatic heterocycles. The molecule has 1 saturated heterocycles. The maximum atomic E-state index is 10.3. The Bertz CT molecular complexity index is 385. The third kappa shape index (κ3) is 2.09. The van der Waals surface area contributed by atoms with Crippen LogP contribution in [0.2, 0.25) is 0 Å². The molecule has 0 radical (unpaired) electrons. The zero-order valence-electron chi connectivity index (χ0n) is 9.79. The van der Waals surface area contributed by atoms with Crippen LogP contribution >= 0.6 is 11.8 Å². The molecule has 2 rings (SSSR count). The maximum Gasteiger partial charge on any atom is 0.234 e. The van der Waals surface area contributed by atoms with Crippen LogP contribution in [0, 0.1) is 0 Å². The number of hydrogen-bond acceptors (Lipinski definition) is 5. The highest BCUT2D eigenvalue weighted by Crippen LogP contribution is 2.47. The minimum atomic E-state index is -1.70.